The zero-order valence-electron chi connectivity index (χ0n) is 18.0. The fraction of sp³-hybridized carbons (Fsp3) is 0.409. The molecule has 1 amide bonds. The van der Waals surface area contributed by atoms with Crippen LogP contribution in [-0.4, -0.2) is 49.6 Å². The van der Waals surface area contributed by atoms with Gasteiger partial charge in [0.15, 0.2) is 6.61 Å². The van der Waals surface area contributed by atoms with Crippen molar-refractivity contribution in [3.63, 3.8) is 0 Å². The van der Waals surface area contributed by atoms with Gasteiger partial charge in [-0.25, -0.2) is 0 Å². The Labute approximate surface area is 176 Å². The van der Waals surface area contributed by atoms with Crippen LogP contribution in [0, 0.1) is 13.8 Å². The third-order valence-corrected chi connectivity index (χ3v) is 4.69. The molecule has 2 aromatic rings. The molecule has 0 bridgehead atoms. The van der Waals surface area contributed by atoms with Crippen molar-refractivity contribution in [2.75, 3.05) is 27.4 Å². The van der Waals surface area contributed by atoms with E-state index in [0.717, 1.165) is 24.4 Å². The average molecular weight is 416 g/mol. The van der Waals surface area contributed by atoms with Gasteiger partial charge in [0.1, 0.15) is 18.0 Å². The molecule has 162 valence electrons. The third-order valence-electron chi connectivity index (χ3n) is 4.69. The van der Waals surface area contributed by atoms with Crippen LogP contribution in [0.5, 0.6) is 11.5 Å². The number of rotatable bonds is 10. The number of carbonyl (C=O) groups is 3. The number of amides is 1. The molecule has 0 aliphatic heterocycles. The Morgan fingerprint density at radius 1 is 1.00 bits per heavy atom. The first-order chi connectivity index (χ1) is 14.3. The number of benzene rings is 1. The fourth-order valence-electron chi connectivity index (χ4n) is 3.12. The van der Waals surface area contributed by atoms with Crippen molar-refractivity contribution >= 4 is 17.7 Å². The number of hydrogen-bond donors (Lipinski definition) is 1. The van der Waals surface area contributed by atoms with E-state index in [1.54, 1.807) is 12.1 Å². The molecular weight excluding hydrogens is 388 g/mol. The molecular formula is C22H28N2O6. The molecule has 0 aliphatic carbocycles. The Morgan fingerprint density at radius 3 is 2.20 bits per heavy atom. The van der Waals surface area contributed by atoms with Gasteiger partial charge in [-0.3, -0.25) is 14.4 Å². The number of nitrogens with one attached hydrogen (secondary N) is 1. The van der Waals surface area contributed by atoms with E-state index in [9.17, 15) is 14.4 Å². The number of hydrogen-bond acceptors (Lipinski definition) is 6. The van der Waals surface area contributed by atoms with E-state index in [2.05, 4.69) is 16.8 Å². The van der Waals surface area contributed by atoms with Crippen molar-refractivity contribution in [1.82, 2.24) is 9.88 Å². The van der Waals surface area contributed by atoms with Crippen LogP contribution in [0.25, 0.3) is 0 Å². The third kappa shape index (κ3) is 5.62. The predicted molar refractivity (Wildman–Crippen MR) is 111 cm³/mol. The van der Waals surface area contributed by atoms with Crippen molar-refractivity contribution in [1.29, 1.82) is 0 Å². The smallest absolute Gasteiger partial charge is 0.325 e. The molecule has 30 heavy (non-hydrogen) atoms. The van der Waals surface area contributed by atoms with Gasteiger partial charge in [-0.2, -0.15) is 0 Å². The monoisotopic (exact) mass is 416 g/mol. The van der Waals surface area contributed by atoms with Crippen molar-refractivity contribution in [2.24, 2.45) is 0 Å². The molecule has 1 heterocycles. The SMILES string of the molecule is CCCn1c(C)cc(C(=O)COC(=O)CNC(=O)c2cc(OC)cc(OC)c2)c1C. The quantitative estimate of drug-likeness (QED) is 0.473. The van der Waals surface area contributed by atoms with Crippen molar-refractivity contribution in [2.45, 2.75) is 33.7 Å². The molecule has 8 heteroatoms. The molecule has 0 radical (unpaired) electrons. The number of carbonyl (C=O) groups excluding carboxylic acids is 3. The van der Waals surface area contributed by atoms with Crippen molar-refractivity contribution < 1.29 is 28.6 Å². The standard InChI is InChI=1S/C22H28N2O6/c1-6-7-24-14(2)8-19(15(24)3)20(25)13-30-21(26)12-23-22(27)16-9-17(28-4)11-18(10-16)29-5/h8-11H,6-7,12-13H2,1-5H3,(H,23,27). The van der Waals surface area contributed by atoms with Gasteiger partial charge < -0.3 is 24.1 Å². The zero-order chi connectivity index (χ0) is 22.3. The topological polar surface area (TPSA) is 95.9 Å². The number of aryl methyl sites for hydroxylation is 1. The van der Waals surface area contributed by atoms with Gasteiger partial charge in [0, 0.05) is 35.1 Å². The first kappa shape index (κ1) is 23.0. The molecule has 1 aromatic carbocycles. The molecule has 0 saturated carbocycles. The van der Waals surface area contributed by atoms with Crippen LogP contribution in [0.1, 0.15) is 45.4 Å². The molecule has 0 fully saturated rings. The van der Waals surface area contributed by atoms with Crippen LogP contribution in [0.2, 0.25) is 0 Å². The summed E-state index contributed by atoms with van der Waals surface area (Å²) in [7, 11) is 2.95. The summed E-state index contributed by atoms with van der Waals surface area (Å²) in [4.78, 5) is 36.7. The van der Waals surface area contributed by atoms with Crippen LogP contribution >= 0.6 is 0 Å². The van der Waals surface area contributed by atoms with Gasteiger partial charge >= 0.3 is 5.97 Å². The first-order valence-electron chi connectivity index (χ1n) is 9.67. The minimum Gasteiger partial charge on any atom is -0.497 e. The van der Waals surface area contributed by atoms with E-state index in [0.29, 0.717) is 17.1 Å². The van der Waals surface area contributed by atoms with E-state index in [1.165, 1.54) is 26.4 Å². The molecule has 2 rings (SSSR count). The Morgan fingerprint density at radius 2 is 1.63 bits per heavy atom. The summed E-state index contributed by atoms with van der Waals surface area (Å²) < 4.78 is 17.4. The Bertz CT molecular complexity index is 910. The number of ether oxygens (including phenoxy) is 3. The number of ketones is 1. The maximum atomic E-state index is 12.4. The average Bonchev–Trinajstić information content (AvgIpc) is 3.03. The summed E-state index contributed by atoms with van der Waals surface area (Å²) in [6.07, 6.45) is 0.956. The van der Waals surface area contributed by atoms with Crippen molar-refractivity contribution in [3.8, 4) is 11.5 Å². The number of nitrogens with zero attached hydrogens (tertiary/aromatic N) is 1. The van der Waals surface area contributed by atoms with Crippen LogP contribution in [0.15, 0.2) is 24.3 Å². The number of aromatic nitrogens is 1. The number of Topliss-reactive ketones (excluding diaryl/α,β-unsaturated/α-hetero) is 1. The highest BCUT2D eigenvalue weighted by molar-refractivity contribution is 6.00. The highest BCUT2D eigenvalue weighted by Crippen LogP contribution is 2.22. The Balaban J connectivity index is 1.90. The van der Waals surface area contributed by atoms with Gasteiger partial charge in [-0.05, 0) is 38.5 Å². The fourth-order valence-corrected chi connectivity index (χ4v) is 3.12. The van der Waals surface area contributed by atoms with E-state index < -0.39 is 11.9 Å². The Kier molecular flexibility index (Phi) is 8.03. The van der Waals surface area contributed by atoms with E-state index >= 15 is 0 Å². The van der Waals surface area contributed by atoms with E-state index in [4.69, 9.17) is 14.2 Å². The van der Waals surface area contributed by atoms with Gasteiger partial charge in [0.2, 0.25) is 5.78 Å². The summed E-state index contributed by atoms with van der Waals surface area (Å²) in [6, 6.07) is 6.49. The van der Waals surface area contributed by atoms with Crippen LogP contribution < -0.4 is 14.8 Å². The second-order valence-corrected chi connectivity index (χ2v) is 6.80. The van der Waals surface area contributed by atoms with Crippen LogP contribution in [0.4, 0.5) is 0 Å². The molecule has 0 atom stereocenters. The summed E-state index contributed by atoms with van der Waals surface area (Å²) in [5.74, 6) is -0.558. The molecule has 0 saturated heterocycles. The first-order valence-corrected chi connectivity index (χ1v) is 9.67. The largest absolute Gasteiger partial charge is 0.497 e. The summed E-state index contributed by atoms with van der Waals surface area (Å²) in [5.41, 5.74) is 2.67. The second-order valence-electron chi connectivity index (χ2n) is 6.80. The molecule has 0 aliphatic rings. The molecule has 1 N–H and O–H groups in total. The molecule has 0 spiro atoms. The summed E-state index contributed by atoms with van der Waals surface area (Å²) in [6.45, 7) is 5.97. The van der Waals surface area contributed by atoms with Crippen LogP contribution in [0.3, 0.4) is 0 Å². The van der Waals surface area contributed by atoms with Gasteiger partial charge in [-0.1, -0.05) is 6.92 Å². The number of methoxy groups -OCH3 is 2. The summed E-state index contributed by atoms with van der Waals surface area (Å²) in [5, 5.41) is 2.47. The lowest BCUT2D eigenvalue weighted by atomic mass is 10.1. The maximum Gasteiger partial charge on any atom is 0.325 e. The minimum absolute atomic E-state index is 0.275. The number of esters is 1. The molecule has 8 nitrogen and oxygen atoms in total. The highest BCUT2D eigenvalue weighted by atomic mass is 16.5. The van der Waals surface area contributed by atoms with E-state index in [1.807, 2.05) is 13.8 Å². The lowest BCUT2D eigenvalue weighted by Gasteiger charge is -2.10. The zero-order valence-corrected chi connectivity index (χ0v) is 18.0. The minimum atomic E-state index is -0.700. The highest BCUT2D eigenvalue weighted by Gasteiger charge is 2.18. The summed E-state index contributed by atoms with van der Waals surface area (Å²) >= 11 is 0. The predicted octanol–water partition coefficient (Wildman–Crippen LogP) is 2.69. The molecule has 0 unspecified atom stereocenters. The second kappa shape index (κ2) is 10.5. The Hall–Kier alpha value is -3.29. The lowest BCUT2D eigenvalue weighted by Crippen LogP contribution is -2.31. The lowest BCUT2D eigenvalue weighted by molar-refractivity contribution is -0.141. The van der Waals surface area contributed by atoms with Crippen molar-refractivity contribution in [3.05, 3.63) is 46.8 Å². The molecule has 1 aromatic heterocycles. The van der Waals surface area contributed by atoms with Gasteiger partial charge in [-0.15, -0.1) is 0 Å². The van der Waals surface area contributed by atoms with Gasteiger partial charge in [0.25, 0.3) is 5.91 Å². The van der Waals surface area contributed by atoms with Gasteiger partial charge in [0.05, 0.1) is 14.2 Å². The van der Waals surface area contributed by atoms with Crippen LogP contribution in [-0.2, 0) is 16.1 Å². The van der Waals surface area contributed by atoms with E-state index in [-0.39, 0.29) is 24.5 Å². The normalized spacial score (nSPS) is 10.4. The maximum absolute atomic E-state index is 12.4.